The first-order chi connectivity index (χ1) is 5.81. The van der Waals surface area contributed by atoms with Crippen molar-refractivity contribution >= 4 is 0 Å². The van der Waals surface area contributed by atoms with Crippen molar-refractivity contribution in [2.75, 3.05) is 0 Å². The van der Waals surface area contributed by atoms with Gasteiger partial charge in [-0.2, -0.15) is 5.26 Å². The van der Waals surface area contributed by atoms with Crippen LogP contribution in [0.5, 0.6) is 0 Å². The van der Waals surface area contributed by atoms with E-state index in [1.807, 2.05) is 6.07 Å². The van der Waals surface area contributed by atoms with E-state index in [1.54, 1.807) is 12.1 Å². The number of nitriles is 1. The molecule has 1 aliphatic rings. The van der Waals surface area contributed by atoms with Crippen molar-refractivity contribution in [1.29, 1.82) is 5.26 Å². The number of aliphatic hydroxyl groups excluding tert-OH is 1. The summed E-state index contributed by atoms with van der Waals surface area (Å²) in [5.41, 5.74) is 2.75. The van der Waals surface area contributed by atoms with Crippen LogP contribution >= 0.6 is 0 Å². The zero-order valence-corrected chi connectivity index (χ0v) is 6.62. The summed E-state index contributed by atoms with van der Waals surface area (Å²) in [5, 5.41) is 18.1. The van der Waals surface area contributed by atoms with E-state index in [1.165, 1.54) is 5.56 Å². The molecule has 0 spiro atoms. The fraction of sp³-hybridized carbons (Fsp3) is 0.300. The van der Waals surface area contributed by atoms with Crippen LogP contribution in [0.1, 0.15) is 29.2 Å². The summed E-state index contributed by atoms with van der Waals surface area (Å²) in [4.78, 5) is 0. The van der Waals surface area contributed by atoms with Crippen LogP contribution in [-0.4, -0.2) is 5.11 Å². The van der Waals surface area contributed by atoms with Gasteiger partial charge in [0.15, 0.2) is 0 Å². The Balaban J connectivity index is 2.52. The summed E-state index contributed by atoms with van der Waals surface area (Å²) >= 11 is 0. The summed E-state index contributed by atoms with van der Waals surface area (Å²) < 4.78 is 0. The van der Waals surface area contributed by atoms with Crippen LogP contribution < -0.4 is 0 Å². The van der Waals surface area contributed by atoms with Crippen LogP contribution in [0.25, 0.3) is 0 Å². The monoisotopic (exact) mass is 159 g/mol. The molecule has 1 aliphatic carbocycles. The van der Waals surface area contributed by atoms with Gasteiger partial charge in [-0.15, -0.1) is 0 Å². The molecular formula is C10H9NO. The Morgan fingerprint density at radius 1 is 1.50 bits per heavy atom. The van der Waals surface area contributed by atoms with E-state index in [0.29, 0.717) is 5.56 Å². The van der Waals surface area contributed by atoms with E-state index < -0.39 is 0 Å². The zero-order chi connectivity index (χ0) is 8.55. The van der Waals surface area contributed by atoms with E-state index in [4.69, 9.17) is 5.26 Å². The quantitative estimate of drug-likeness (QED) is 0.624. The molecule has 1 N–H and O–H groups in total. The summed E-state index contributed by atoms with van der Waals surface area (Å²) in [6, 6.07) is 7.59. The van der Waals surface area contributed by atoms with Crippen LogP contribution in [0, 0.1) is 11.3 Å². The Hall–Kier alpha value is -1.33. The predicted octanol–water partition coefficient (Wildman–Crippen LogP) is 1.54. The van der Waals surface area contributed by atoms with Gasteiger partial charge in [0.25, 0.3) is 0 Å². The largest absolute Gasteiger partial charge is 0.388 e. The van der Waals surface area contributed by atoms with Gasteiger partial charge in [-0.05, 0) is 36.1 Å². The fourth-order valence-electron chi connectivity index (χ4n) is 1.65. The van der Waals surface area contributed by atoms with Gasteiger partial charge < -0.3 is 5.11 Å². The molecule has 60 valence electrons. The molecule has 1 aromatic rings. The van der Waals surface area contributed by atoms with Crippen molar-refractivity contribution in [3.63, 3.8) is 0 Å². The average molecular weight is 159 g/mol. The summed E-state index contributed by atoms with van der Waals surface area (Å²) in [7, 11) is 0. The predicted molar refractivity (Wildman–Crippen MR) is 44.4 cm³/mol. The number of fused-ring (bicyclic) bond motifs is 1. The van der Waals surface area contributed by atoms with Gasteiger partial charge in [-0.25, -0.2) is 0 Å². The number of hydrogen-bond donors (Lipinski definition) is 1. The summed E-state index contributed by atoms with van der Waals surface area (Å²) in [5.74, 6) is 0. The summed E-state index contributed by atoms with van der Waals surface area (Å²) in [6.45, 7) is 0. The highest BCUT2D eigenvalue weighted by Crippen LogP contribution is 2.31. The Morgan fingerprint density at radius 3 is 3.08 bits per heavy atom. The highest BCUT2D eigenvalue weighted by Gasteiger charge is 2.19. The molecule has 0 heterocycles. The summed E-state index contributed by atoms with van der Waals surface area (Å²) in [6.07, 6.45) is 1.38. The minimum Gasteiger partial charge on any atom is -0.388 e. The van der Waals surface area contributed by atoms with Gasteiger partial charge in [0.1, 0.15) is 0 Å². The third-order valence-electron chi connectivity index (χ3n) is 2.32. The van der Waals surface area contributed by atoms with Gasteiger partial charge >= 0.3 is 0 Å². The molecule has 0 saturated heterocycles. The van der Waals surface area contributed by atoms with E-state index in [0.717, 1.165) is 18.4 Å². The molecule has 0 amide bonds. The highest BCUT2D eigenvalue weighted by atomic mass is 16.3. The van der Waals surface area contributed by atoms with Crippen molar-refractivity contribution in [2.45, 2.75) is 18.9 Å². The second-order valence-corrected chi connectivity index (χ2v) is 3.08. The van der Waals surface area contributed by atoms with Crippen LogP contribution in [0.15, 0.2) is 18.2 Å². The Morgan fingerprint density at radius 2 is 2.33 bits per heavy atom. The van der Waals surface area contributed by atoms with Crippen molar-refractivity contribution < 1.29 is 5.11 Å². The number of rotatable bonds is 0. The molecule has 1 atom stereocenters. The standard InChI is InChI=1S/C10H9NO/c11-6-7-1-2-8-3-4-10(12)9(8)5-7/h1-2,5,10,12H,3-4H2. The molecule has 2 nitrogen and oxygen atoms in total. The van der Waals surface area contributed by atoms with Crippen LogP contribution in [-0.2, 0) is 6.42 Å². The molecule has 2 heteroatoms. The number of hydrogen-bond acceptors (Lipinski definition) is 2. The van der Waals surface area contributed by atoms with Crippen molar-refractivity contribution in [3.8, 4) is 6.07 Å². The molecule has 2 rings (SSSR count). The molecule has 1 unspecified atom stereocenters. The van der Waals surface area contributed by atoms with E-state index >= 15 is 0 Å². The second-order valence-electron chi connectivity index (χ2n) is 3.08. The minimum absolute atomic E-state index is 0.353. The van der Waals surface area contributed by atoms with Gasteiger partial charge in [0.2, 0.25) is 0 Å². The Kier molecular flexibility index (Phi) is 1.60. The van der Waals surface area contributed by atoms with E-state index in [9.17, 15) is 5.11 Å². The first-order valence-electron chi connectivity index (χ1n) is 4.02. The normalized spacial score (nSPS) is 20.2. The van der Waals surface area contributed by atoms with Crippen LogP contribution in [0.3, 0.4) is 0 Å². The first kappa shape index (κ1) is 7.33. The number of aliphatic hydroxyl groups is 1. The lowest BCUT2D eigenvalue weighted by Crippen LogP contribution is -1.90. The molecule has 12 heavy (non-hydrogen) atoms. The highest BCUT2D eigenvalue weighted by molar-refractivity contribution is 5.41. The third-order valence-corrected chi connectivity index (χ3v) is 2.32. The second kappa shape index (κ2) is 2.62. The Labute approximate surface area is 71.1 Å². The Bertz CT molecular complexity index is 351. The molecule has 0 bridgehead atoms. The molecule has 0 aromatic heterocycles. The maximum Gasteiger partial charge on any atom is 0.0991 e. The fourth-order valence-corrected chi connectivity index (χ4v) is 1.65. The first-order valence-corrected chi connectivity index (χ1v) is 4.02. The van der Waals surface area contributed by atoms with Gasteiger partial charge in [-0.1, -0.05) is 6.07 Å². The SMILES string of the molecule is N#Cc1ccc2c(c1)C(O)CC2. The van der Waals surface area contributed by atoms with Crippen LogP contribution in [0.4, 0.5) is 0 Å². The van der Waals surface area contributed by atoms with Crippen molar-refractivity contribution in [3.05, 3.63) is 34.9 Å². The zero-order valence-electron chi connectivity index (χ0n) is 6.62. The minimum atomic E-state index is -0.353. The third kappa shape index (κ3) is 0.992. The van der Waals surface area contributed by atoms with Crippen molar-refractivity contribution in [2.24, 2.45) is 0 Å². The number of nitrogens with zero attached hydrogens (tertiary/aromatic N) is 1. The molecular weight excluding hydrogens is 150 g/mol. The van der Waals surface area contributed by atoms with Crippen LogP contribution in [0.2, 0.25) is 0 Å². The lowest BCUT2D eigenvalue weighted by molar-refractivity contribution is 0.180. The lowest BCUT2D eigenvalue weighted by Gasteiger charge is -2.02. The average Bonchev–Trinajstić information content (AvgIpc) is 2.47. The number of benzene rings is 1. The maximum atomic E-state index is 9.49. The topological polar surface area (TPSA) is 44.0 Å². The smallest absolute Gasteiger partial charge is 0.0991 e. The lowest BCUT2D eigenvalue weighted by atomic mass is 10.1. The van der Waals surface area contributed by atoms with E-state index in [2.05, 4.69) is 6.07 Å². The number of aryl methyl sites for hydroxylation is 1. The molecule has 1 aromatic carbocycles. The maximum absolute atomic E-state index is 9.49. The molecule has 0 saturated carbocycles. The van der Waals surface area contributed by atoms with Gasteiger partial charge in [0.05, 0.1) is 17.7 Å². The van der Waals surface area contributed by atoms with Gasteiger partial charge in [-0.3, -0.25) is 0 Å². The molecule has 0 aliphatic heterocycles. The van der Waals surface area contributed by atoms with Crippen molar-refractivity contribution in [1.82, 2.24) is 0 Å². The van der Waals surface area contributed by atoms with Gasteiger partial charge in [0, 0.05) is 0 Å². The molecule has 0 fully saturated rings. The molecule has 0 radical (unpaired) electrons. The van der Waals surface area contributed by atoms with E-state index in [-0.39, 0.29) is 6.10 Å².